The van der Waals surface area contributed by atoms with Crippen LogP contribution in [0.25, 0.3) is 11.0 Å². The van der Waals surface area contributed by atoms with Crippen molar-refractivity contribution in [3.63, 3.8) is 0 Å². The lowest BCUT2D eigenvalue weighted by Crippen LogP contribution is -2.32. The van der Waals surface area contributed by atoms with E-state index >= 15 is 0 Å². The van der Waals surface area contributed by atoms with Gasteiger partial charge in [0.15, 0.2) is 0 Å². The summed E-state index contributed by atoms with van der Waals surface area (Å²) in [4.78, 5) is 20.2. The number of nitrogens with zero attached hydrogens (tertiary/aromatic N) is 4. The molecule has 1 aliphatic rings. The fourth-order valence-electron chi connectivity index (χ4n) is 4.53. The molecule has 1 saturated carbocycles. The Bertz CT molecular complexity index is 1250. The Morgan fingerprint density at radius 3 is 2.38 bits per heavy atom. The molecule has 2 aromatic carbocycles. The van der Waals surface area contributed by atoms with Gasteiger partial charge in [0.2, 0.25) is 15.9 Å². The topological polar surface area (TPSA) is 75.5 Å². The molecule has 0 saturated heterocycles. The van der Waals surface area contributed by atoms with E-state index in [1.54, 1.807) is 12.1 Å². The van der Waals surface area contributed by atoms with Crippen molar-refractivity contribution < 1.29 is 13.2 Å². The van der Waals surface area contributed by atoms with Gasteiger partial charge >= 0.3 is 0 Å². The molecular formula is C26H34N4O3S. The average molecular weight is 483 g/mol. The molecule has 4 rings (SSSR count). The van der Waals surface area contributed by atoms with E-state index in [4.69, 9.17) is 4.98 Å². The first-order valence-corrected chi connectivity index (χ1v) is 13.7. The Morgan fingerprint density at radius 2 is 1.76 bits per heavy atom. The molecule has 1 heterocycles. The van der Waals surface area contributed by atoms with Crippen LogP contribution in [0.4, 0.5) is 0 Å². The number of carbonyl (C=O) groups excluding carboxylic acids is 1. The third kappa shape index (κ3) is 5.03. The van der Waals surface area contributed by atoms with Gasteiger partial charge in [-0.2, -0.15) is 4.31 Å². The largest absolute Gasteiger partial charge is 0.335 e. The first-order chi connectivity index (χ1) is 16.4. The fourth-order valence-corrected chi connectivity index (χ4v) is 6.00. The van der Waals surface area contributed by atoms with Crippen LogP contribution in [0.1, 0.15) is 51.4 Å². The number of aromatic nitrogens is 2. The Morgan fingerprint density at radius 1 is 1.06 bits per heavy atom. The second-order valence-corrected chi connectivity index (χ2v) is 10.7. The molecule has 0 atom stereocenters. The summed E-state index contributed by atoms with van der Waals surface area (Å²) in [6.45, 7) is 7.91. The summed E-state index contributed by atoms with van der Waals surface area (Å²) in [5.74, 6) is 0.963. The van der Waals surface area contributed by atoms with Crippen molar-refractivity contribution in [3.05, 3.63) is 59.9 Å². The van der Waals surface area contributed by atoms with E-state index in [0.717, 1.165) is 29.7 Å². The summed E-state index contributed by atoms with van der Waals surface area (Å²) in [6.07, 6.45) is 3.04. The van der Waals surface area contributed by atoms with E-state index in [9.17, 15) is 13.2 Å². The van der Waals surface area contributed by atoms with Gasteiger partial charge in [0, 0.05) is 45.1 Å². The predicted octanol–water partition coefficient (Wildman–Crippen LogP) is 4.21. The lowest BCUT2D eigenvalue weighted by molar-refractivity contribution is -0.132. The van der Waals surface area contributed by atoms with Crippen molar-refractivity contribution in [2.24, 2.45) is 0 Å². The van der Waals surface area contributed by atoms with Gasteiger partial charge in [-0.1, -0.05) is 44.2 Å². The minimum absolute atomic E-state index is 0.144. The van der Waals surface area contributed by atoms with E-state index in [-0.39, 0.29) is 10.8 Å². The van der Waals surface area contributed by atoms with Crippen molar-refractivity contribution in [2.75, 3.05) is 13.1 Å². The fraction of sp³-hybridized carbons (Fsp3) is 0.462. The van der Waals surface area contributed by atoms with Crippen molar-refractivity contribution in [3.8, 4) is 0 Å². The SMILES string of the molecule is CCN(CC)S(=O)(=O)c1ccc2c(c1)nc(CCC(=O)N(Cc1ccccc1)C1CC1)n2CC. The molecule has 0 radical (unpaired) electrons. The number of hydrogen-bond acceptors (Lipinski definition) is 4. The highest BCUT2D eigenvalue weighted by molar-refractivity contribution is 7.89. The van der Waals surface area contributed by atoms with Crippen LogP contribution < -0.4 is 0 Å². The van der Waals surface area contributed by atoms with Crippen LogP contribution in [0.3, 0.4) is 0 Å². The summed E-state index contributed by atoms with van der Waals surface area (Å²) >= 11 is 0. The zero-order chi connectivity index (χ0) is 24.3. The van der Waals surface area contributed by atoms with Crippen molar-refractivity contribution in [1.29, 1.82) is 0 Å². The number of sulfonamides is 1. The second kappa shape index (κ2) is 10.3. The van der Waals surface area contributed by atoms with Crippen LogP contribution in [0.2, 0.25) is 0 Å². The number of rotatable bonds is 11. The number of imidazole rings is 1. The van der Waals surface area contributed by atoms with Crippen molar-refractivity contribution in [2.45, 2.75) is 70.5 Å². The van der Waals surface area contributed by atoms with Crippen molar-refractivity contribution >= 4 is 27.0 Å². The van der Waals surface area contributed by atoms with Gasteiger partial charge in [0.25, 0.3) is 0 Å². The molecule has 3 aromatic rings. The maximum atomic E-state index is 13.1. The van der Waals surface area contributed by atoms with Crippen molar-refractivity contribution in [1.82, 2.24) is 18.8 Å². The molecule has 0 bridgehead atoms. The Balaban J connectivity index is 1.54. The van der Waals surface area contributed by atoms with Crippen LogP contribution in [0.15, 0.2) is 53.4 Å². The third-order valence-electron chi connectivity index (χ3n) is 6.52. The highest BCUT2D eigenvalue weighted by Crippen LogP contribution is 2.29. The summed E-state index contributed by atoms with van der Waals surface area (Å²) in [7, 11) is -3.55. The number of fused-ring (bicyclic) bond motifs is 1. The third-order valence-corrected chi connectivity index (χ3v) is 8.57. The van der Waals surface area contributed by atoms with Gasteiger partial charge in [0.1, 0.15) is 5.82 Å². The standard InChI is InChI=1S/C26H34N4O3S/c1-4-28(5-2)34(32,33)22-14-15-24-23(18-22)27-25(29(24)6-3)16-17-26(31)30(21-12-13-21)19-20-10-8-7-9-11-20/h7-11,14-15,18,21H,4-6,12-13,16-17,19H2,1-3H3. The van der Waals surface area contributed by atoms with Crippen LogP contribution in [-0.4, -0.2) is 52.2 Å². The van der Waals surface area contributed by atoms with Gasteiger partial charge in [-0.05, 0) is 43.5 Å². The number of carbonyl (C=O) groups is 1. The Hall–Kier alpha value is -2.71. The summed E-state index contributed by atoms with van der Waals surface area (Å²) < 4.78 is 29.4. The number of aryl methyl sites for hydroxylation is 2. The Kier molecular flexibility index (Phi) is 7.38. The van der Waals surface area contributed by atoms with E-state index in [0.29, 0.717) is 50.6 Å². The van der Waals surface area contributed by atoms with Crippen LogP contribution in [0.5, 0.6) is 0 Å². The Labute approximate surface area is 202 Å². The molecule has 1 aliphatic carbocycles. The number of amides is 1. The van der Waals surface area contributed by atoms with Gasteiger partial charge in [0.05, 0.1) is 15.9 Å². The zero-order valence-electron chi connectivity index (χ0n) is 20.3. The van der Waals surface area contributed by atoms with E-state index in [1.807, 2.05) is 49.9 Å². The second-order valence-electron chi connectivity index (χ2n) is 8.75. The molecule has 8 heteroatoms. The number of hydrogen-bond donors (Lipinski definition) is 0. The molecule has 1 amide bonds. The molecular weight excluding hydrogens is 448 g/mol. The van der Waals surface area contributed by atoms with E-state index in [1.165, 1.54) is 4.31 Å². The lowest BCUT2D eigenvalue weighted by atomic mass is 10.2. The molecule has 7 nitrogen and oxygen atoms in total. The molecule has 0 spiro atoms. The first kappa shape index (κ1) is 24.4. The molecule has 34 heavy (non-hydrogen) atoms. The maximum absolute atomic E-state index is 13.1. The monoisotopic (exact) mass is 482 g/mol. The first-order valence-electron chi connectivity index (χ1n) is 12.2. The lowest BCUT2D eigenvalue weighted by Gasteiger charge is -2.22. The van der Waals surface area contributed by atoms with Crippen LogP contribution in [0, 0.1) is 0 Å². The molecule has 0 unspecified atom stereocenters. The van der Waals surface area contributed by atoms with Crippen LogP contribution in [-0.2, 0) is 34.3 Å². The molecule has 1 fully saturated rings. The van der Waals surface area contributed by atoms with Gasteiger partial charge in [-0.25, -0.2) is 13.4 Å². The summed E-state index contributed by atoms with van der Waals surface area (Å²) in [5.41, 5.74) is 2.69. The van der Waals surface area contributed by atoms with E-state index in [2.05, 4.69) is 16.7 Å². The zero-order valence-corrected chi connectivity index (χ0v) is 21.1. The number of benzene rings is 2. The quantitative estimate of drug-likeness (QED) is 0.410. The molecule has 1 aromatic heterocycles. The van der Waals surface area contributed by atoms with Crippen LogP contribution >= 0.6 is 0 Å². The minimum atomic E-state index is -3.55. The molecule has 0 aliphatic heterocycles. The maximum Gasteiger partial charge on any atom is 0.243 e. The van der Waals surface area contributed by atoms with E-state index < -0.39 is 10.0 Å². The van der Waals surface area contributed by atoms with Gasteiger partial charge < -0.3 is 9.47 Å². The predicted molar refractivity (Wildman–Crippen MR) is 134 cm³/mol. The minimum Gasteiger partial charge on any atom is -0.335 e. The summed E-state index contributed by atoms with van der Waals surface area (Å²) in [6, 6.07) is 15.6. The molecule has 0 N–H and O–H groups in total. The van der Waals surface area contributed by atoms with Gasteiger partial charge in [-0.15, -0.1) is 0 Å². The molecule has 182 valence electrons. The average Bonchev–Trinajstić information content (AvgIpc) is 3.62. The highest BCUT2D eigenvalue weighted by atomic mass is 32.2. The van der Waals surface area contributed by atoms with Gasteiger partial charge in [-0.3, -0.25) is 4.79 Å². The normalized spacial score (nSPS) is 14.1. The smallest absolute Gasteiger partial charge is 0.243 e. The highest BCUT2D eigenvalue weighted by Gasteiger charge is 2.32. The summed E-state index contributed by atoms with van der Waals surface area (Å²) in [5, 5.41) is 0.